The molecule has 0 fully saturated rings. The molecule has 0 saturated heterocycles. The van der Waals surface area contributed by atoms with E-state index in [0.29, 0.717) is 23.0 Å². The molecule has 168 valence electrons. The first-order chi connectivity index (χ1) is 16.1. The van der Waals surface area contributed by atoms with Crippen molar-refractivity contribution < 1.29 is 9.59 Å². The zero-order valence-corrected chi connectivity index (χ0v) is 20.1. The van der Waals surface area contributed by atoms with Crippen LogP contribution < -0.4 is 5.32 Å². The van der Waals surface area contributed by atoms with Crippen molar-refractivity contribution in [3.63, 3.8) is 0 Å². The van der Waals surface area contributed by atoms with Gasteiger partial charge in [0.05, 0.1) is 11.8 Å². The van der Waals surface area contributed by atoms with Crippen LogP contribution in [0.1, 0.15) is 31.7 Å². The zero-order chi connectivity index (χ0) is 22.8. The second-order valence-electron chi connectivity index (χ2n) is 7.46. The predicted octanol–water partition coefficient (Wildman–Crippen LogP) is 3.85. The van der Waals surface area contributed by atoms with Gasteiger partial charge in [0, 0.05) is 34.6 Å². The molecule has 5 rings (SSSR count). The second-order valence-corrected chi connectivity index (χ2v) is 10.4. The Bertz CT molecular complexity index is 1270. The summed E-state index contributed by atoms with van der Waals surface area (Å²) in [6.07, 6.45) is 0.869. The van der Waals surface area contributed by atoms with Gasteiger partial charge in [-0.2, -0.15) is 0 Å². The van der Waals surface area contributed by atoms with E-state index in [1.165, 1.54) is 31.8 Å². The molecule has 0 unspecified atom stereocenters. The van der Waals surface area contributed by atoms with Crippen LogP contribution in [0.5, 0.6) is 0 Å². The molecule has 1 aromatic carbocycles. The molecule has 0 aliphatic carbocycles. The van der Waals surface area contributed by atoms with E-state index in [-0.39, 0.29) is 23.6 Å². The summed E-state index contributed by atoms with van der Waals surface area (Å²) in [5.74, 6) is 0.0167. The number of amides is 2. The molecule has 0 saturated carbocycles. The van der Waals surface area contributed by atoms with Crippen molar-refractivity contribution in [1.29, 1.82) is 0 Å². The number of rotatable bonds is 6. The number of aryl methyl sites for hydroxylation is 1. The van der Waals surface area contributed by atoms with Crippen molar-refractivity contribution in [2.24, 2.45) is 7.05 Å². The third-order valence-corrected chi connectivity index (χ3v) is 8.30. The first-order valence-electron chi connectivity index (χ1n) is 10.3. The lowest BCUT2D eigenvalue weighted by molar-refractivity contribution is -0.113. The number of hydrogen-bond donors (Lipinski definition) is 1. The van der Waals surface area contributed by atoms with Crippen LogP contribution in [0.2, 0.25) is 0 Å². The molecule has 3 aromatic heterocycles. The summed E-state index contributed by atoms with van der Waals surface area (Å²) in [7, 11) is 1.72. The number of thioether (sulfide) groups is 1. The fourth-order valence-electron chi connectivity index (χ4n) is 3.82. The number of nitrogens with one attached hydrogen (secondary N) is 1. The zero-order valence-electron chi connectivity index (χ0n) is 17.7. The molecule has 33 heavy (non-hydrogen) atoms. The lowest BCUT2D eigenvalue weighted by Crippen LogP contribution is -2.39. The summed E-state index contributed by atoms with van der Waals surface area (Å²) >= 11 is 4.69. The fourth-order valence-corrected chi connectivity index (χ4v) is 6.23. The number of nitrogens with zero attached hydrogens (tertiary/aromatic N) is 5. The van der Waals surface area contributed by atoms with E-state index in [1.807, 2.05) is 11.0 Å². The smallest absolute Gasteiger partial charge is 0.254 e. The van der Waals surface area contributed by atoms with Gasteiger partial charge in [0.1, 0.15) is 0 Å². The Balaban J connectivity index is 1.27. The minimum Gasteiger partial charge on any atom is -0.326 e. The quantitative estimate of drug-likeness (QED) is 0.408. The molecule has 2 amide bonds. The summed E-state index contributed by atoms with van der Waals surface area (Å²) in [6.45, 7) is 0.682. The fraction of sp³-hybridized carbons (Fsp3) is 0.227. The summed E-state index contributed by atoms with van der Waals surface area (Å²) in [5.41, 5.74) is 2.47. The molecule has 1 aliphatic heterocycles. The van der Waals surface area contributed by atoms with Crippen LogP contribution in [-0.2, 0) is 18.3 Å². The highest BCUT2D eigenvalue weighted by Gasteiger charge is 2.33. The number of carbonyl (C=O) groups is 2. The number of hydrogen-bond acceptors (Lipinski definition) is 8. The normalized spacial score (nSPS) is 15.3. The van der Waals surface area contributed by atoms with E-state index >= 15 is 0 Å². The highest BCUT2D eigenvalue weighted by atomic mass is 32.2. The van der Waals surface area contributed by atoms with Crippen LogP contribution in [0.15, 0.2) is 58.4 Å². The minimum atomic E-state index is -0.166. The molecular weight excluding hydrogens is 476 g/mol. The standard InChI is InChI=1S/C22H20N6O2S3/c1-27-22(24-25-26-27)33-13-19(29)23-15-6-4-14(5-7-15)21(30)28-10-8-17-16(9-12-32-17)20(28)18-3-2-11-31-18/h2-7,9,11-12,20H,8,10,13H2,1H3,(H,23,29)/t20-/m1/s1. The van der Waals surface area contributed by atoms with Crippen LogP contribution in [0.3, 0.4) is 0 Å². The summed E-state index contributed by atoms with van der Waals surface area (Å²) in [6, 6.07) is 13.3. The monoisotopic (exact) mass is 496 g/mol. The van der Waals surface area contributed by atoms with Crippen LogP contribution in [0.4, 0.5) is 5.69 Å². The maximum atomic E-state index is 13.5. The highest BCUT2D eigenvalue weighted by Crippen LogP contribution is 2.40. The molecule has 1 atom stereocenters. The van der Waals surface area contributed by atoms with Gasteiger partial charge in [-0.1, -0.05) is 17.8 Å². The highest BCUT2D eigenvalue weighted by molar-refractivity contribution is 7.99. The first-order valence-corrected chi connectivity index (χ1v) is 13.0. The molecule has 0 bridgehead atoms. The molecule has 0 spiro atoms. The molecule has 4 aromatic rings. The van der Waals surface area contributed by atoms with Gasteiger partial charge in [-0.25, -0.2) is 4.68 Å². The lowest BCUT2D eigenvalue weighted by Gasteiger charge is -2.35. The molecule has 8 nitrogen and oxygen atoms in total. The van der Waals surface area contributed by atoms with Crippen molar-refractivity contribution >= 4 is 51.9 Å². The third-order valence-electron chi connectivity index (χ3n) is 5.37. The van der Waals surface area contributed by atoms with Crippen LogP contribution in [-0.4, -0.2) is 49.2 Å². The van der Waals surface area contributed by atoms with E-state index in [2.05, 4.69) is 43.7 Å². The Hall–Kier alpha value is -3.02. The number of aromatic nitrogens is 4. The number of fused-ring (bicyclic) bond motifs is 1. The van der Waals surface area contributed by atoms with Gasteiger partial charge in [-0.3, -0.25) is 9.59 Å². The second kappa shape index (κ2) is 9.46. The Morgan fingerprint density at radius 3 is 2.73 bits per heavy atom. The Morgan fingerprint density at radius 1 is 1.15 bits per heavy atom. The van der Waals surface area contributed by atoms with Gasteiger partial charge in [0.15, 0.2) is 0 Å². The van der Waals surface area contributed by atoms with Crippen LogP contribution in [0, 0.1) is 0 Å². The average Bonchev–Trinajstić information content (AvgIpc) is 3.59. The van der Waals surface area contributed by atoms with Gasteiger partial charge in [0.2, 0.25) is 11.1 Å². The van der Waals surface area contributed by atoms with E-state index < -0.39 is 0 Å². The van der Waals surface area contributed by atoms with Crippen LogP contribution in [0.25, 0.3) is 0 Å². The maximum absolute atomic E-state index is 13.5. The molecular formula is C22H20N6O2S3. The largest absolute Gasteiger partial charge is 0.326 e. The minimum absolute atomic E-state index is 0.00605. The Morgan fingerprint density at radius 2 is 2.00 bits per heavy atom. The van der Waals surface area contributed by atoms with Gasteiger partial charge in [-0.05, 0) is 69.6 Å². The topological polar surface area (TPSA) is 93.0 Å². The van der Waals surface area contributed by atoms with Crippen molar-refractivity contribution in [3.05, 3.63) is 74.1 Å². The van der Waals surface area contributed by atoms with Crippen molar-refractivity contribution in [3.8, 4) is 0 Å². The van der Waals surface area contributed by atoms with E-state index in [9.17, 15) is 9.59 Å². The number of benzene rings is 1. The number of carbonyl (C=O) groups excluding carboxylic acids is 2. The molecule has 1 N–H and O–H groups in total. The van der Waals surface area contributed by atoms with Crippen LogP contribution >= 0.6 is 34.4 Å². The number of anilines is 1. The Labute approximate surface area is 202 Å². The SMILES string of the molecule is Cn1nnnc1SCC(=O)Nc1ccc(C(=O)N2CCc3sccc3[C@@H]2c2cccs2)cc1. The maximum Gasteiger partial charge on any atom is 0.254 e. The Kier molecular flexibility index (Phi) is 6.25. The summed E-state index contributed by atoms with van der Waals surface area (Å²) < 4.78 is 1.52. The van der Waals surface area contributed by atoms with Gasteiger partial charge < -0.3 is 10.2 Å². The lowest BCUT2D eigenvalue weighted by atomic mass is 9.97. The van der Waals surface area contributed by atoms with Crippen molar-refractivity contribution in [2.45, 2.75) is 17.6 Å². The summed E-state index contributed by atoms with van der Waals surface area (Å²) in [5, 5.41) is 18.7. The van der Waals surface area contributed by atoms with Crippen molar-refractivity contribution in [1.82, 2.24) is 25.1 Å². The average molecular weight is 497 g/mol. The third kappa shape index (κ3) is 4.56. The van der Waals surface area contributed by atoms with E-state index in [0.717, 1.165) is 6.42 Å². The van der Waals surface area contributed by atoms with Gasteiger partial charge in [0.25, 0.3) is 5.91 Å². The van der Waals surface area contributed by atoms with Crippen molar-refractivity contribution in [2.75, 3.05) is 17.6 Å². The predicted molar refractivity (Wildman–Crippen MR) is 130 cm³/mol. The number of tetrazole rings is 1. The summed E-state index contributed by atoms with van der Waals surface area (Å²) in [4.78, 5) is 30.2. The van der Waals surface area contributed by atoms with E-state index in [1.54, 1.807) is 54.0 Å². The molecule has 1 aliphatic rings. The van der Waals surface area contributed by atoms with E-state index in [4.69, 9.17) is 0 Å². The number of thiophene rings is 2. The molecule has 4 heterocycles. The van der Waals surface area contributed by atoms with Gasteiger partial charge >= 0.3 is 0 Å². The first kappa shape index (κ1) is 21.8. The van der Waals surface area contributed by atoms with Gasteiger partial charge in [-0.15, -0.1) is 27.8 Å². The molecule has 0 radical (unpaired) electrons. The molecule has 11 heteroatoms.